The van der Waals surface area contributed by atoms with Crippen LogP contribution in [0.25, 0.3) is 11.3 Å². The Bertz CT molecular complexity index is 1190. The second-order valence-corrected chi connectivity index (χ2v) is 11.9. The van der Waals surface area contributed by atoms with Gasteiger partial charge in [-0.05, 0) is 51.3 Å². The number of carbonyl (C=O) groups excluding carboxylic acids is 1. The molecule has 2 saturated heterocycles. The first kappa shape index (κ1) is 25.4. The van der Waals surface area contributed by atoms with E-state index in [0.717, 1.165) is 64.0 Å². The Morgan fingerprint density at radius 2 is 1.94 bits per heavy atom. The quantitative estimate of drug-likeness (QED) is 0.498. The molecule has 1 amide bonds. The summed E-state index contributed by atoms with van der Waals surface area (Å²) in [5.74, 6) is -0.394. The van der Waals surface area contributed by atoms with Crippen LogP contribution in [0.3, 0.4) is 0 Å². The number of sulfone groups is 1. The second-order valence-electron chi connectivity index (χ2n) is 9.93. The van der Waals surface area contributed by atoms with Gasteiger partial charge in [-0.2, -0.15) is 5.10 Å². The maximum absolute atomic E-state index is 13.6. The van der Waals surface area contributed by atoms with Crippen LogP contribution in [0.4, 0.5) is 0 Å². The molecule has 0 aliphatic carbocycles. The number of methoxy groups -OCH3 is 1. The van der Waals surface area contributed by atoms with Gasteiger partial charge in [0.15, 0.2) is 15.5 Å². The molecule has 2 fully saturated rings. The van der Waals surface area contributed by atoms with Gasteiger partial charge in [0, 0.05) is 44.5 Å². The lowest BCUT2D eigenvalue weighted by atomic mass is 10.0. The normalized spacial score (nSPS) is 21.7. The Kier molecular flexibility index (Phi) is 7.76. The van der Waals surface area contributed by atoms with E-state index >= 15 is 0 Å². The largest absolute Gasteiger partial charge is 0.385 e. The van der Waals surface area contributed by atoms with E-state index in [2.05, 4.69) is 4.90 Å². The molecule has 0 saturated carbocycles. The van der Waals surface area contributed by atoms with Crippen LogP contribution in [0.5, 0.6) is 0 Å². The van der Waals surface area contributed by atoms with E-state index in [1.807, 2.05) is 16.8 Å². The van der Waals surface area contributed by atoms with E-state index in [4.69, 9.17) is 14.6 Å². The lowest BCUT2D eigenvalue weighted by molar-refractivity contribution is 0.0297. The van der Waals surface area contributed by atoms with Crippen molar-refractivity contribution in [2.45, 2.75) is 48.8 Å². The maximum Gasteiger partial charge on any atom is 0.274 e. The highest BCUT2D eigenvalue weighted by Crippen LogP contribution is 2.41. The molecule has 3 aliphatic rings. The fourth-order valence-electron chi connectivity index (χ4n) is 5.64. The number of hydrogen-bond acceptors (Lipinski definition) is 7. The fraction of sp³-hybridized carbons (Fsp3) is 0.615. The van der Waals surface area contributed by atoms with Crippen molar-refractivity contribution in [3.8, 4) is 11.3 Å². The van der Waals surface area contributed by atoms with E-state index in [9.17, 15) is 13.2 Å². The summed E-state index contributed by atoms with van der Waals surface area (Å²) in [5.41, 5.74) is 2.27. The van der Waals surface area contributed by atoms with Gasteiger partial charge >= 0.3 is 0 Å². The van der Waals surface area contributed by atoms with E-state index in [0.29, 0.717) is 42.3 Å². The van der Waals surface area contributed by atoms with Gasteiger partial charge in [0.2, 0.25) is 0 Å². The highest BCUT2D eigenvalue weighted by molar-refractivity contribution is 7.90. The van der Waals surface area contributed by atoms with Crippen LogP contribution >= 0.6 is 0 Å². The molecule has 1 aromatic carbocycles. The Balaban J connectivity index is 1.48. The van der Waals surface area contributed by atoms with E-state index in [-0.39, 0.29) is 23.4 Å². The molecule has 2 aromatic rings. The van der Waals surface area contributed by atoms with Gasteiger partial charge in [-0.15, -0.1) is 0 Å². The molecule has 9 nitrogen and oxygen atoms in total. The number of ether oxygens (including phenoxy) is 2. The first-order valence-electron chi connectivity index (χ1n) is 13.0. The number of amides is 1. The summed E-state index contributed by atoms with van der Waals surface area (Å²) in [5, 5.41) is 4.89. The number of benzene rings is 1. The molecule has 1 aromatic heterocycles. The molecule has 0 N–H and O–H groups in total. The summed E-state index contributed by atoms with van der Waals surface area (Å²) in [4.78, 5) is 18.1. The summed E-state index contributed by atoms with van der Waals surface area (Å²) in [7, 11) is -1.82. The number of unbranched alkanes of at least 4 members (excludes halogenated alkanes) is 2. The molecular weight excluding hydrogens is 480 g/mol. The van der Waals surface area contributed by atoms with Crippen LogP contribution in [0, 0.1) is 0 Å². The minimum atomic E-state index is -3.56. The monoisotopic (exact) mass is 516 g/mol. The van der Waals surface area contributed by atoms with Crippen molar-refractivity contribution in [3.63, 3.8) is 0 Å². The number of rotatable bonds is 8. The molecule has 4 heterocycles. The highest BCUT2D eigenvalue weighted by Gasteiger charge is 2.38. The van der Waals surface area contributed by atoms with E-state index in [1.165, 1.54) is 0 Å². The van der Waals surface area contributed by atoms with Crippen LogP contribution in [-0.4, -0.2) is 93.6 Å². The average molecular weight is 517 g/mol. The Morgan fingerprint density at radius 1 is 1.14 bits per heavy atom. The summed E-state index contributed by atoms with van der Waals surface area (Å²) in [6.45, 7) is 5.66. The Morgan fingerprint density at radius 3 is 2.75 bits per heavy atom. The van der Waals surface area contributed by atoms with Gasteiger partial charge in [0.1, 0.15) is 0 Å². The molecule has 1 atom stereocenters. The summed E-state index contributed by atoms with van der Waals surface area (Å²) >= 11 is 0. The number of nitrogens with zero attached hydrogens (tertiary/aromatic N) is 4. The predicted octanol–water partition coefficient (Wildman–Crippen LogP) is 2.76. The van der Waals surface area contributed by atoms with Crippen molar-refractivity contribution in [2.24, 2.45) is 0 Å². The molecule has 3 aliphatic heterocycles. The third kappa shape index (κ3) is 5.09. The standard InChI is InChI=1S/C26H36N4O5S/c1-34-15-6-2-5-11-28-12-7-8-20(18-28)30-25-21-9-3-4-10-23(21)36(32,33)19-22(25)24(27-30)26(31)29-13-16-35-17-14-29/h3-4,9-10,20H,2,5-8,11-19H2,1H3/t20-/m0/s1. The summed E-state index contributed by atoms with van der Waals surface area (Å²) in [6, 6.07) is 7.22. The first-order valence-corrected chi connectivity index (χ1v) is 14.7. The summed E-state index contributed by atoms with van der Waals surface area (Å²) < 4.78 is 39.0. The topological polar surface area (TPSA) is 94.0 Å². The highest BCUT2D eigenvalue weighted by atomic mass is 32.2. The zero-order valence-electron chi connectivity index (χ0n) is 21.0. The minimum Gasteiger partial charge on any atom is -0.385 e. The van der Waals surface area contributed by atoms with Crippen molar-refractivity contribution in [1.29, 1.82) is 0 Å². The van der Waals surface area contributed by atoms with Gasteiger partial charge in [-0.25, -0.2) is 8.42 Å². The van der Waals surface area contributed by atoms with Crippen LogP contribution in [-0.2, 0) is 25.1 Å². The van der Waals surface area contributed by atoms with Gasteiger partial charge in [0.05, 0.1) is 35.6 Å². The number of likely N-dealkylation sites (tertiary alicyclic amines) is 1. The van der Waals surface area contributed by atoms with Gasteiger partial charge in [-0.1, -0.05) is 18.2 Å². The number of hydrogen-bond donors (Lipinski definition) is 0. The van der Waals surface area contributed by atoms with Crippen LogP contribution in [0.1, 0.15) is 54.2 Å². The average Bonchev–Trinajstić information content (AvgIpc) is 3.27. The lowest BCUT2D eigenvalue weighted by Gasteiger charge is -2.34. The maximum atomic E-state index is 13.6. The number of fused-ring (bicyclic) bond motifs is 3. The van der Waals surface area contributed by atoms with Crippen molar-refractivity contribution in [3.05, 3.63) is 35.5 Å². The number of aromatic nitrogens is 2. The van der Waals surface area contributed by atoms with Gasteiger partial charge in [0.25, 0.3) is 5.91 Å². The zero-order chi connectivity index (χ0) is 25.1. The first-order chi connectivity index (χ1) is 17.5. The smallest absolute Gasteiger partial charge is 0.274 e. The zero-order valence-corrected chi connectivity index (χ0v) is 21.8. The molecule has 36 heavy (non-hydrogen) atoms. The van der Waals surface area contributed by atoms with Crippen LogP contribution in [0.15, 0.2) is 29.2 Å². The van der Waals surface area contributed by atoms with E-state index < -0.39 is 9.84 Å². The van der Waals surface area contributed by atoms with Crippen LogP contribution in [0.2, 0.25) is 0 Å². The molecule has 0 bridgehead atoms. The fourth-order valence-corrected chi connectivity index (χ4v) is 7.23. The summed E-state index contributed by atoms with van der Waals surface area (Å²) in [6.07, 6.45) is 5.32. The minimum absolute atomic E-state index is 0.0894. The third-order valence-electron chi connectivity index (χ3n) is 7.47. The molecule has 0 radical (unpaired) electrons. The van der Waals surface area contributed by atoms with E-state index in [1.54, 1.807) is 24.1 Å². The number of morpholine rings is 1. The van der Waals surface area contributed by atoms with Crippen molar-refractivity contribution < 1.29 is 22.7 Å². The SMILES string of the molecule is COCCCCCN1CCC[C@H](n2nc(C(=O)N3CCOCC3)c3c2-c2ccccc2S(=O)(=O)C3)C1. The lowest BCUT2D eigenvalue weighted by Crippen LogP contribution is -2.41. The molecular formula is C26H36N4O5S. The molecule has 0 spiro atoms. The number of carbonyl (C=O) groups is 1. The molecule has 5 rings (SSSR count). The molecule has 0 unspecified atom stereocenters. The van der Waals surface area contributed by atoms with Crippen molar-refractivity contribution in [1.82, 2.24) is 19.6 Å². The second kappa shape index (κ2) is 11.0. The molecule has 10 heteroatoms. The number of piperidine rings is 1. The third-order valence-corrected chi connectivity index (χ3v) is 9.17. The van der Waals surface area contributed by atoms with Crippen LogP contribution < -0.4 is 0 Å². The van der Waals surface area contributed by atoms with Gasteiger partial charge in [-0.3, -0.25) is 9.48 Å². The van der Waals surface area contributed by atoms with Crippen molar-refractivity contribution in [2.75, 3.05) is 59.7 Å². The predicted molar refractivity (Wildman–Crippen MR) is 136 cm³/mol. The van der Waals surface area contributed by atoms with Gasteiger partial charge < -0.3 is 19.3 Å². The molecule has 196 valence electrons. The Labute approximate surface area is 213 Å². The Hall–Kier alpha value is -2.27. The van der Waals surface area contributed by atoms with Crippen molar-refractivity contribution >= 4 is 15.7 Å².